The number of carbonyl (C=O) groups is 2. The quantitative estimate of drug-likeness (QED) is 0.280. The molecule has 2 aromatic rings. The minimum absolute atomic E-state index is 0.0474. The summed E-state index contributed by atoms with van der Waals surface area (Å²) in [5.41, 5.74) is 1.80. The van der Waals surface area contributed by atoms with Gasteiger partial charge in [0.05, 0.1) is 6.04 Å². The largest absolute Gasteiger partial charge is 0.350 e. The van der Waals surface area contributed by atoms with Crippen LogP contribution in [-0.4, -0.2) is 73.0 Å². The second kappa shape index (κ2) is 13.9. The van der Waals surface area contributed by atoms with Crippen molar-refractivity contribution in [2.45, 2.75) is 64.5 Å². The third kappa shape index (κ3) is 7.79. The third-order valence-electron chi connectivity index (χ3n) is 8.18. The monoisotopic (exact) mass is 630 g/mol. The molecule has 6 nitrogen and oxygen atoms in total. The Kier molecular flexibility index (Phi) is 10.6. The fourth-order valence-corrected chi connectivity index (χ4v) is 6.22. The van der Waals surface area contributed by atoms with Gasteiger partial charge in [-0.3, -0.25) is 9.59 Å². The van der Waals surface area contributed by atoms with Crippen LogP contribution in [0.1, 0.15) is 62.7 Å². The SMILES string of the molecule is C=C(C)[C@H](CC)CN1CC[C@@H](CNC(=O)c2ccc3cc(I)ccc3c2)N[C@@H](CCN2CCCCC2)C1=O. The maximum Gasteiger partial charge on any atom is 0.251 e. The van der Waals surface area contributed by atoms with E-state index in [4.69, 9.17) is 0 Å². The Hall–Kier alpha value is -1.97. The minimum Gasteiger partial charge on any atom is -0.350 e. The molecule has 2 heterocycles. The molecule has 0 aliphatic carbocycles. The number of nitrogens with zero attached hydrogens (tertiary/aromatic N) is 2. The van der Waals surface area contributed by atoms with E-state index >= 15 is 0 Å². The lowest BCUT2D eigenvalue weighted by Gasteiger charge is -2.31. The summed E-state index contributed by atoms with van der Waals surface area (Å²) in [6, 6.07) is 11.9. The molecule has 2 amide bonds. The first-order valence-corrected chi connectivity index (χ1v) is 15.3. The van der Waals surface area contributed by atoms with Crippen LogP contribution in [0.2, 0.25) is 0 Å². The van der Waals surface area contributed by atoms with Crippen LogP contribution in [0, 0.1) is 9.49 Å². The number of hydrogen-bond acceptors (Lipinski definition) is 4. The number of rotatable bonds is 10. The highest BCUT2D eigenvalue weighted by atomic mass is 127. The zero-order chi connectivity index (χ0) is 27.1. The van der Waals surface area contributed by atoms with Crippen LogP contribution < -0.4 is 10.6 Å². The first-order valence-electron chi connectivity index (χ1n) is 14.2. The second-order valence-corrected chi connectivity index (χ2v) is 12.3. The summed E-state index contributed by atoms with van der Waals surface area (Å²) in [4.78, 5) is 31.3. The van der Waals surface area contributed by atoms with Gasteiger partial charge in [-0.25, -0.2) is 0 Å². The zero-order valence-electron chi connectivity index (χ0n) is 23.0. The number of fused-ring (bicyclic) bond motifs is 1. The highest BCUT2D eigenvalue weighted by Gasteiger charge is 2.32. The smallest absolute Gasteiger partial charge is 0.251 e. The molecule has 0 unspecified atom stereocenters. The van der Waals surface area contributed by atoms with Crippen molar-refractivity contribution >= 4 is 45.2 Å². The molecule has 0 spiro atoms. The molecule has 0 aromatic heterocycles. The van der Waals surface area contributed by atoms with Gasteiger partial charge in [-0.1, -0.05) is 37.6 Å². The van der Waals surface area contributed by atoms with Crippen molar-refractivity contribution in [2.75, 3.05) is 39.3 Å². The van der Waals surface area contributed by atoms with Gasteiger partial charge >= 0.3 is 0 Å². The summed E-state index contributed by atoms with van der Waals surface area (Å²) < 4.78 is 1.18. The Morgan fingerprint density at radius 1 is 1.13 bits per heavy atom. The normalized spacial score (nSPS) is 21.8. The molecule has 0 bridgehead atoms. The summed E-state index contributed by atoms with van der Waals surface area (Å²) in [5, 5.41) is 8.98. The predicted octanol–water partition coefficient (Wildman–Crippen LogP) is 5.21. The van der Waals surface area contributed by atoms with Crippen molar-refractivity contribution in [1.82, 2.24) is 20.4 Å². The van der Waals surface area contributed by atoms with E-state index in [0.717, 1.165) is 61.8 Å². The van der Waals surface area contributed by atoms with E-state index in [1.165, 1.54) is 22.8 Å². The van der Waals surface area contributed by atoms with E-state index in [2.05, 4.69) is 76.7 Å². The highest BCUT2D eigenvalue weighted by Crippen LogP contribution is 2.21. The topological polar surface area (TPSA) is 64.7 Å². The third-order valence-corrected chi connectivity index (χ3v) is 8.85. The molecule has 206 valence electrons. The van der Waals surface area contributed by atoms with Crippen LogP contribution in [0.5, 0.6) is 0 Å². The van der Waals surface area contributed by atoms with Gasteiger partial charge in [-0.15, -0.1) is 0 Å². The van der Waals surface area contributed by atoms with Crippen LogP contribution >= 0.6 is 22.6 Å². The lowest BCUT2D eigenvalue weighted by atomic mass is 9.98. The highest BCUT2D eigenvalue weighted by molar-refractivity contribution is 14.1. The Morgan fingerprint density at radius 3 is 2.61 bits per heavy atom. The van der Waals surface area contributed by atoms with E-state index in [1.807, 2.05) is 23.1 Å². The molecular weight excluding hydrogens is 587 g/mol. The van der Waals surface area contributed by atoms with Gasteiger partial charge < -0.3 is 20.4 Å². The average Bonchev–Trinajstić information content (AvgIpc) is 3.07. The van der Waals surface area contributed by atoms with Crippen molar-refractivity contribution in [1.29, 1.82) is 0 Å². The van der Waals surface area contributed by atoms with E-state index in [9.17, 15) is 9.59 Å². The Labute approximate surface area is 241 Å². The van der Waals surface area contributed by atoms with Gasteiger partial charge in [0.2, 0.25) is 5.91 Å². The average molecular weight is 631 g/mol. The van der Waals surface area contributed by atoms with Crippen LogP contribution in [0.3, 0.4) is 0 Å². The maximum atomic E-state index is 13.7. The lowest BCUT2D eigenvalue weighted by Crippen LogP contribution is -2.50. The maximum absolute atomic E-state index is 13.7. The molecule has 2 fully saturated rings. The Bertz CT molecular complexity index is 1130. The number of likely N-dealkylation sites (tertiary alicyclic amines) is 1. The summed E-state index contributed by atoms with van der Waals surface area (Å²) >= 11 is 2.30. The number of amides is 2. The number of carbonyl (C=O) groups excluding carboxylic acids is 2. The number of benzene rings is 2. The van der Waals surface area contributed by atoms with Crippen molar-refractivity contribution < 1.29 is 9.59 Å². The number of halogens is 1. The molecule has 7 heteroatoms. The van der Waals surface area contributed by atoms with Crippen molar-refractivity contribution in [2.24, 2.45) is 5.92 Å². The molecule has 2 aliphatic heterocycles. The number of hydrogen-bond donors (Lipinski definition) is 2. The molecule has 2 aromatic carbocycles. The van der Waals surface area contributed by atoms with Crippen LogP contribution in [0.15, 0.2) is 48.6 Å². The standard InChI is InChI=1S/C31H43IN4O2/c1-4-23(22(2)3)21-36-17-12-28(34-29(31(36)38)13-16-35-14-6-5-7-15-35)20-33-30(37)26-9-8-25-19-27(32)11-10-24(25)18-26/h8-11,18-19,23,28-29,34H,2,4-7,12-17,20-21H2,1,3H3,(H,33,37)/t23-,28+,29+/m1/s1. The number of nitrogens with one attached hydrogen (secondary N) is 2. The van der Waals surface area contributed by atoms with E-state index in [-0.39, 0.29) is 23.9 Å². The molecule has 3 atom stereocenters. The fraction of sp³-hybridized carbons (Fsp3) is 0.548. The van der Waals surface area contributed by atoms with Gasteiger partial charge in [-0.05, 0) is 116 Å². The molecule has 38 heavy (non-hydrogen) atoms. The zero-order valence-corrected chi connectivity index (χ0v) is 25.1. The molecule has 0 radical (unpaired) electrons. The molecular formula is C31H43IN4O2. The van der Waals surface area contributed by atoms with Gasteiger partial charge in [0.1, 0.15) is 0 Å². The predicted molar refractivity (Wildman–Crippen MR) is 164 cm³/mol. The second-order valence-electron chi connectivity index (χ2n) is 11.0. The molecule has 2 saturated heterocycles. The van der Waals surface area contributed by atoms with Gasteiger partial charge in [0.25, 0.3) is 5.91 Å². The van der Waals surface area contributed by atoms with Gasteiger partial charge in [-0.2, -0.15) is 0 Å². The Morgan fingerprint density at radius 2 is 1.87 bits per heavy atom. The van der Waals surface area contributed by atoms with Crippen LogP contribution in [0.25, 0.3) is 10.8 Å². The van der Waals surface area contributed by atoms with Crippen molar-refractivity contribution in [3.63, 3.8) is 0 Å². The fourth-order valence-electron chi connectivity index (χ4n) is 5.70. The van der Waals surface area contributed by atoms with E-state index in [1.54, 1.807) is 0 Å². The minimum atomic E-state index is -0.230. The summed E-state index contributed by atoms with van der Waals surface area (Å²) in [6.45, 7) is 13.5. The van der Waals surface area contributed by atoms with Gasteiger partial charge in [0.15, 0.2) is 0 Å². The number of piperidine rings is 1. The molecule has 0 saturated carbocycles. The lowest BCUT2D eigenvalue weighted by molar-refractivity contribution is -0.133. The first-order chi connectivity index (χ1) is 18.3. The summed E-state index contributed by atoms with van der Waals surface area (Å²) in [7, 11) is 0. The molecule has 2 aliphatic rings. The van der Waals surface area contributed by atoms with Crippen molar-refractivity contribution in [3.05, 3.63) is 57.7 Å². The molecule has 4 rings (SSSR count). The Balaban J connectivity index is 1.41. The summed E-state index contributed by atoms with van der Waals surface area (Å²) in [6.07, 6.45) is 6.40. The summed E-state index contributed by atoms with van der Waals surface area (Å²) in [5.74, 6) is 0.437. The first kappa shape index (κ1) is 29.0. The van der Waals surface area contributed by atoms with Crippen molar-refractivity contribution in [3.8, 4) is 0 Å². The molecule has 2 N–H and O–H groups in total. The van der Waals surface area contributed by atoms with E-state index in [0.29, 0.717) is 24.6 Å². The van der Waals surface area contributed by atoms with Crippen LogP contribution in [0.4, 0.5) is 0 Å². The van der Waals surface area contributed by atoms with E-state index < -0.39 is 0 Å². The van der Waals surface area contributed by atoms with Gasteiger partial charge in [0, 0.05) is 41.4 Å². The van der Waals surface area contributed by atoms with Crippen LogP contribution in [-0.2, 0) is 4.79 Å².